The van der Waals surface area contributed by atoms with Gasteiger partial charge in [0.1, 0.15) is 0 Å². The van der Waals surface area contributed by atoms with Crippen molar-refractivity contribution < 1.29 is 0 Å². The van der Waals surface area contributed by atoms with Crippen molar-refractivity contribution in [1.29, 1.82) is 0 Å². The van der Waals surface area contributed by atoms with Crippen molar-refractivity contribution in [1.82, 2.24) is 5.32 Å². The predicted molar refractivity (Wildman–Crippen MR) is 69.9 cm³/mol. The molecule has 0 bridgehead atoms. The Labute approximate surface area is 98.4 Å². The van der Waals surface area contributed by atoms with Crippen LogP contribution < -0.4 is 10.6 Å². The van der Waals surface area contributed by atoms with Gasteiger partial charge in [-0.2, -0.15) is 0 Å². The summed E-state index contributed by atoms with van der Waals surface area (Å²) in [6.45, 7) is 5.51. The minimum atomic E-state index is 1.02. The molecule has 0 spiro atoms. The normalized spacial score (nSPS) is 14.3. The second kappa shape index (κ2) is 5.90. The van der Waals surface area contributed by atoms with E-state index < -0.39 is 0 Å². The molecular weight excluding hydrogens is 196 g/mol. The van der Waals surface area contributed by atoms with Gasteiger partial charge in [0.25, 0.3) is 0 Å². The fourth-order valence-corrected chi connectivity index (χ4v) is 2.27. The van der Waals surface area contributed by atoms with Gasteiger partial charge >= 0.3 is 0 Å². The van der Waals surface area contributed by atoms with Crippen molar-refractivity contribution in [2.24, 2.45) is 0 Å². The number of unbranched alkanes of at least 4 members (excludes halogenated alkanes) is 1. The molecule has 1 aliphatic rings. The first-order valence-corrected chi connectivity index (χ1v) is 6.47. The Bertz CT molecular complexity index is 334. The summed E-state index contributed by atoms with van der Waals surface area (Å²) in [6.07, 6.45) is 5.03. The maximum atomic E-state index is 3.52. The summed E-state index contributed by atoms with van der Waals surface area (Å²) in [6, 6.07) is 6.61. The molecule has 2 heteroatoms. The Morgan fingerprint density at radius 1 is 1.38 bits per heavy atom. The van der Waals surface area contributed by atoms with Crippen LogP contribution in [0.3, 0.4) is 0 Å². The molecule has 0 radical (unpaired) electrons. The summed E-state index contributed by atoms with van der Waals surface area (Å²) in [5.41, 5.74) is 4.35. The van der Waals surface area contributed by atoms with Crippen molar-refractivity contribution in [2.45, 2.75) is 39.2 Å². The number of hydrogen-bond acceptors (Lipinski definition) is 2. The largest absolute Gasteiger partial charge is 0.385 e. The summed E-state index contributed by atoms with van der Waals surface area (Å²) >= 11 is 0. The Morgan fingerprint density at radius 3 is 3.19 bits per heavy atom. The zero-order chi connectivity index (χ0) is 11.2. The van der Waals surface area contributed by atoms with Crippen molar-refractivity contribution in [3.05, 3.63) is 29.3 Å². The van der Waals surface area contributed by atoms with E-state index in [0.717, 1.165) is 19.6 Å². The number of rotatable bonds is 5. The van der Waals surface area contributed by atoms with Crippen LogP contribution in [0.1, 0.15) is 37.3 Å². The molecule has 88 valence electrons. The van der Waals surface area contributed by atoms with Crippen molar-refractivity contribution in [3.8, 4) is 0 Å². The molecule has 0 saturated carbocycles. The molecule has 1 heterocycles. The highest BCUT2D eigenvalue weighted by Gasteiger charge is 2.11. The predicted octanol–water partition coefficient (Wildman–Crippen LogP) is 2.93. The average molecular weight is 218 g/mol. The molecule has 16 heavy (non-hydrogen) atoms. The maximum Gasteiger partial charge on any atom is 0.0375 e. The maximum absolute atomic E-state index is 3.52. The van der Waals surface area contributed by atoms with E-state index >= 15 is 0 Å². The first-order valence-electron chi connectivity index (χ1n) is 6.47. The number of nitrogens with one attached hydrogen (secondary N) is 2. The van der Waals surface area contributed by atoms with Gasteiger partial charge in [0.05, 0.1) is 0 Å². The van der Waals surface area contributed by atoms with E-state index in [9.17, 15) is 0 Å². The quantitative estimate of drug-likeness (QED) is 0.743. The monoisotopic (exact) mass is 218 g/mol. The minimum Gasteiger partial charge on any atom is -0.385 e. The van der Waals surface area contributed by atoms with E-state index in [-0.39, 0.29) is 0 Å². The molecule has 0 aromatic heterocycles. The van der Waals surface area contributed by atoms with Gasteiger partial charge in [-0.25, -0.2) is 0 Å². The van der Waals surface area contributed by atoms with Crippen LogP contribution in [0.5, 0.6) is 0 Å². The van der Waals surface area contributed by atoms with Crippen LogP contribution in [0.25, 0.3) is 0 Å². The molecule has 0 atom stereocenters. The molecule has 2 rings (SSSR count). The number of hydrogen-bond donors (Lipinski definition) is 2. The van der Waals surface area contributed by atoms with Gasteiger partial charge in [0, 0.05) is 18.8 Å². The zero-order valence-corrected chi connectivity index (χ0v) is 10.2. The number of fused-ring (bicyclic) bond motifs is 1. The fraction of sp³-hybridized carbons (Fsp3) is 0.571. The van der Waals surface area contributed by atoms with Crippen LogP contribution in [0.4, 0.5) is 5.69 Å². The van der Waals surface area contributed by atoms with E-state index in [1.807, 2.05) is 0 Å². The van der Waals surface area contributed by atoms with E-state index in [4.69, 9.17) is 0 Å². The first kappa shape index (κ1) is 11.5. The van der Waals surface area contributed by atoms with Gasteiger partial charge in [-0.1, -0.05) is 25.5 Å². The van der Waals surface area contributed by atoms with Crippen molar-refractivity contribution in [2.75, 3.05) is 18.4 Å². The SMILES string of the molecule is CCCCNCc1cccc2c1CCCN2. The molecule has 1 aromatic rings. The minimum absolute atomic E-state index is 1.02. The second-order valence-corrected chi connectivity index (χ2v) is 4.50. The average Bonchev–Trinajstić information content (AvgIpc) is 2.35. The standard InChI is InChI=1S/C14H22N2/c1-2-3-9-15-11-12-6-4-8-14-13(12)7-5-10-16-14/h4,6,8,15-16H,2-3,5,7,9-11H2,1H3. The number of benzene rings is 1. The van der Waals surface area contributed by atoms with Gasteiger partial charge in [0.15, 0.2) is 0 Å². The Morgan fingerprint density at radius 2 is 2.31 bits per heavy atom. The highest BCUT2D eigenvalue weighted by Crippen LogP contribution is 2.25. The molecule has 0 saturated heterocycles. The Hall–Kier alpha value is -1.02. The lowest BCUT2D eigenvalue weighted by Crippen LogP contribution is -2.19. The lowest BCUT2D eigenvalue weighted by molar-refractivity contribution is 0.636. The highest BCUT2D eigenvalue weighted by atomic mass is 14.9. The smallest absolute Gasteiger partial charge is 0.0375 e. The van der Waals surface area contributed by atoms with Crippen LogP contribution in [0.2, 0.25) is 0 Å². The van der Waals surface area contributed by atoms with Crippen LogP contribution in [0, 0.1) is 0 Å². The van der Waals surface area contributed by atoms with E-state index in [1.54, 1.807) is 0 Å². The summed E-state index contributed by atoms with van der Waals surface area (Å²) in [5, 5.41) is 7.00. The van der Waals surface area contributed by atoms with Gasteiger partial charge in [-0.3, -0.25) is 0 Å². The molecular formula is C14H22N2. The first-order chi connectivity index (χ1) is 7.92. The van der Waals surface area contributed by atoms with Gasteiger partial charge in [0.2, 0.25) is 0 Å². The molecule has 1 aliphatic heterocycles. The lowest BCUT2D eigenvalue weighted by atomic mass is 9.97. The van der Waals surface area contributed by atoms with Crippen LogP contribution in [-0.4, -0.2) is 13.1 Å². The molecule has 0 aliphatic carbocycles. The summed E-state index contributed by atoms with van der Waals surface area (Å²) < 4.78 is 0. The van der Waals surface area contributed by atoms with Gasteiger partial charge < -0.3 is 10.6 Å². The second-order valence-electron chi connectivity index (χ2n) is 4.50. The summed E-state index contributed by atoms with van der Waals surface area (Å²) in [4.78, 5) is 0. The Balaban J connectivity index is 1.97. The van der Waals surface area contributed by atoms with Crippen LogP contribution in [0.15, 0.2) is 18.2 Å². The summed E-state index contributed by atoms with van der Waals surface area (Å²) in [7, 11) is 0. The molecule has 2 N–H and O–H groups in total. The van der Waals surface area contributed by atoms with Gasteiger partial charge in [-0.05, 0) is 43.0 Å². The third kappa shape index (κ3) is 2.76. The van der Waals surface area contributed by atoms with Crippen LogP contribution >= 0.6 is 0 Å². The topological polar surface area (TPSA) is 24.1 Å². The van der Waals surface area contributed by atoms with Gasteiger partial charge in [-0.15, -0.1) is 0 Å². The highest BCUT2D eigenvalue weighted by molar-refractivity contribution is 5.56. The van der Waals surface area contributed by atoms with E-state index in [1.165, 1.54) is 42.5 Å². The van der Waals surface area contributed by atoms with Crippen molar-refractivity contribution >= 4 is 5.69 Å². The lowest BCUT2D eigenvalue weighted by Gasteiger charge is -2.21. The molecule has 2 nitrogen and oxygen atoms in total. The molecule has 0 amide bonds. The van der Waals surface area contributed by atoms with E-state index in [0.29, 0.717) is 0 Å². The fourth-order valence-electron chi connectivity index (χ4n) is 2.27. The van der Waals surface area contributed by atoms with Crippen LogP contribution in [-0.2, 0) is 13.0 Å². The molecule has 0 unspecified atom stereocenters. The number of anilines is 1. The molecule has 1 aromatic carbocycles. The third-order valence-electron chi connectivity index (χ3n) is 3.21. The third-order valence-corrected chi connectivity index (χ3v) is 3.21. The molecule has 0 fully saturated rings. The van der Waals surface area contributed by atoms with Crippen molar-refractivity contribution in [3.63, 3.8) is 0 Å². The van der Waals surface area contributed by atoms with E-state index in [2.05, 4.69) is 35.8 Å². The Kier molecular flexibility index (Phi) is 4.23. The zero-order valence-electron chi connectivity index (χ0n) is 10.2. The summed E-state index contributed by atoms with van der Waals surface area (Å²) in [5.74, 6) is 0.